The van der Waals surface area contributed by atoms with Crippen LogP contribution in [0, 0.1) is 6.92 Å². The Morgan fingerprint density at radius 3 is 2.59 bits per heavy atom. The lowest BCUT2D eigenvalue weighted by molar-refractivity contribution is 0.100. The van der Waals surface area contributed by atoms with E-state index >= 15 is 0 Å². The quantitative estimate of drug-likeness (QED) is 0.742. The predicted molar refractivity (Wildman–Crippen MR) is 68.4 cm³/mol. The fraction of sp³-hybridized carbons (Fsp3) is 0.571. The Morgan fingerprint density at radius 2 is 2.00 bits per heavy atom. The molecular formula is C14H22O3. The highest BCUT2D eigenvalue weighted by Gasteiger charge is 2.04. The smallest absolute Gasteiger partial charge is 0.122 e. The van der Waals surface area contributed by atoms with Gasteiger partial charge in [0, 0.05) is 6.61 Å². The number of rotatable bonds is 7. The van der Waals surface area contributed by atoms with Crippen molar-refractivity contribution in [2.45, 2.75) is 33.3 Å². The van der Waals surface area contributed by atoms with Crippen LogP contribution in [0.3, 0.4) is 0 Å². The molecule has 0 saturated heterocycles. The Bertz CT molecular complexity index is 334. The Morgan fingerprint density at radius 1 is 1.24 bits per heavy atom. The third kappa shape index (κ3) is 4.75. The second-order valence-electron chi connectivity index (χ2n) is 4.16. The molecule has 0 saturated carbocycles. The van der Waals surface area contributed by atoms with E-state index < -0.39 is 6.10 Å². The minimum atomic E-state index is -0.435. The second-order valence-corrected chi connectivity index (χ2v) is 4.16. The van der Waals surface area contributed by atoms with Crippen LogP contribution < -0.4 is 4.74 Å². The fourth-order valence-corrected chi connectivity index (χ4v) is 1.55. The average Bonchev–Trinajstić information content (AvgIpc) is 2.30. The molecule has 1 atom stereocenters. The first-order valence-corrected chi connectivity index (χ1v) is 6.14. The first-order valence-electron chi connectivity index (χ1n) is 6.14. The van der Waals surface area contributed by atoms with Crippen molar-refractivity contribution in [1.29, 1.82) is 0 Å². The maximum atomic E-state index is 9.45. The van der Waals surface area contributed by atoms with Gasteiger partial charge in [0.25, 0.3) is 0 Å². The van der Waals surface area contributed by atoms with E-state index in [1.54, 1.807) is 6.92 Å². The fourth-order valence-electron chi connectivity index (χ4n) is 1.55. The number of aliphatic hydroxyl groups excluding tert-OH is 1. The van der Waals surface area contributed by atoms with Gasteiger partial charge in [-0.25, -0.2) is 0 Å². The second kappa shape index (κ2) is 7.30. The Balaban J connectivity index is 2.43. The molecule has 0 amide bonds. The molecule has 1 N–H and O–H groups in total. The molecule has 0 spiro atoms. The van der Waals surface area contributed by atoms with Gasteiger partial charge in [-0.05, 0) is 43.5 Å². The summed E-state index contributed by atoms with van der Waals surface area (Å²) in [6.45, 7) is 7.78. The maximum absolute atomic E-state index is 9.45. The number of hydrogen-bond donors (Lipinski definition) is 1. The molecule has 0 radical (unpaired) electrons. The molecule has 3 heteroatoms. The van der Waals surface area contributed by atoms with Crippen molar-refractivity contribution >= 4 is 0 Å². The normalized spacial score (nSPS) is 12.5. The van der Waals surface area contributed by atoms with Gasteiger partial charge in [-0.1, -0.05) is 13.0 Å². The van der Waals surface area contributed by atoms with E-state index in [0.29, 0.717) is 13.2 Å². The third-order valence-electron chi connectivity index (χ3n) is 2.52. The van der Waals surface area contributed by atoms with Gasteiger partial charge in [-0.15, -0.1) is 0 Å². The van der Waals surface area contributed by atoms with Gasteiger partial charge in [0.15, 0.2) is 0 Å². The summed E-state index contributed by atoms with van der Waals surface area (Å²) in [6.07, 6.45) is 0.595. The average molecular weight is 238 g/mol. The van der Waals surface area contributed by atoms with E-state index in [2.05, 4.69) is 6.92 Å². The van der Waals surface area contributed by atoms with E-state index in [-0.39, 0.29) is 0 Å². The predicted octanol–water partition coefficient (Wildman–Crippen LogP) is 2.85. The van der Waals surface area contributed by atoms with Crippen molar-refractivity contribution in [3.05, 3.63) is 29.3 Å². The molecule has 0 aromatic heterocycles. The molecule has 1 rings (SSSR count). The monoisotopic (exact) mass is 238 g/mol. The molecular weight excluding hydrogens is 216 g/mol. The van der Waals surface area contributed by atoms with Crippen LogP contribution in [0.1, 0.15) is 37.5 Å². The van der Waals surface area contributed by atoms with Crippen molar-refractivity contribution in [1.82, 2.24) is 0 Å². The van der Waals surface area contributed by atoms with Crippen LogP contribution in [0.25, 0.3) is 0 Å². The zero-order valence-corrected chi connectivity index (χ0v) is 10.9. The molecule has 0 unspecified atom stereocenters. The summed E-state index contributed by atoms with van der Waals surface area (Å²) < 4.78 is 11.0. The van der Waals surface area contributed by atoms with Gasteiger partial charge < -0.3 is 14.6 Å². The van der Waals surface area contributed by atoms with Crippen molar-refractivity contribution < 1.29 is 14.6 Å². The zero-order valence-electron chi connectivity index (χ0n) is 10.9. The van der Waals surface area contributed by atoms with Crippen LogP contribution in [0.5, 0.6) is 5.75 Å². The number of hydrogen-bond acceptors (Lipinski definition) is 3. The van der Waals surface area contributed by atoms with Crippen LogP contribution in [0.15, 0.2) is 18.2 Å². The Hall–Kier alpha value is -1.06. The van der Waals surface area contributed by atoms with Crippen molar-refractivity contribution in [3.63, 3.8) is 0 Å². The molecule has 1 aromatic rings. The molecule has 17 heavy (non-hydrogen) atoms. The summed E-state index contributed by atoms with van der Waals surface area (Å²) in [7, 11) is 0. The highest BCUT2D eigenvalue weighted by Crippen LogP contribution is 2.22. The minimum Gasteiger partial charge on any atom is -0.491 e. The standard InChI is InChI=1S/C14H22O3/c1-4-7-16-8-9-17-14-6-5-13(12(3)15)10-11(14)2/h5-6,10,12,15H,4,7-9H2,1-3H3/t12-/m1/s1. The van der Waals surface area contributed by atoms with Gasteiger partial charge in [0.2, 0.25) is 0 Å². The summed E-state index contributed by atoms with van der Waals surface area (Å²) in [5.41, 5.74) is 1.95. The number of aliphatic hydroxyl groups is 1. The third-order valence-corrected chi connectivity index (χ3v) is 2.52. The van der Waals surface area contributed by atoms with E-state index in [1.807, 2.05) is 25.1 Å². The van der Waals surface area contributed by atoms with Gasteiger partial charge in [0.05, 0.1) is 12.7 Å². The molecule has 96 valence electrons. The largest absolute Gasteiger partial charge is 0.491 e. The Labute approximate surface area is 103 Å². The van der Waals surface area contributed by atoms with Crippen LogP contribution in [-0.4, -0.2) is 24.9 Å². The van der Waals surface area contributed by atoms with E-state index in [9.17, 15) is 5.11 Å². The minimum absolute atomic E-state index is 0.435. The molecule has 0 aliphatic heterocycles. The topological polar surface area (TPSA) is 38.7 Å². The van der Waals surface area contributed by atoms with E-state index in [1.165, 1.54) is 0 Å². The number of aryl methyl sites for hydroxylation is 1. The maximum Gasteiger partial charge on any atom is 0.122 e. The Kier molecular flexibility index (Phi) is 6.01. The highest BCUT2D eigenvalue weighted by atomic mass is 16.5. The van der Waals surface area contributed by atoms with Gasteiger partial charge in [-0.2, -0.15) is 0 Å². The zero-order chi connectivity index (χ0) is 12.7. The molecule has 0 heterocycles. The van der Waals surface area contributed by atoms with Crippen LogP contribution in [0.2, 0.25) is 0 Å². The van der Waals surface area contributed by atoms with Crippen molar-refractivity contribution in [3.8, 4) is 5.75 Å². The number of benzene rings is 1. The molecule has 0 aliphatic carbocycles. The van der Waals surface area contributed by atoms with E-state index in [4.69, 9.17) is 9.47 Å². The number of ether oxygens (including phenoxy) is 2. The summed E-state index contributed by atoms with van der Waals surface area (Å²) >= 11 is 0. The van der Waals surface area contributed by atoms with Gasteiger partial charge >= 0.3 is 0 Å². The van der Waals surface area contributed by atoms with Crippen molar-refractivity contribution in [2.24, 2.45) is 0 Å². The van der Waals surface area contributed by atoms with Crippen molar-refractivity contribution in [2.75, 3.05) is 19.8 Å². The highest BCUT2D eigenvalue weighted by molar-refractivity contribution is 5.36. The summed E-state index contributed by atoms with van der Waals surface area (Å²) in [5.74, 6) is 0.856. The first kappa shape index (κ1) is 14.0. The molecule has 3 nitrogen and oxygen atoms in total. The summed E-state index contributed by atoms with van der Waals surface area (Å²) in [4.78, 5) is 0. The van der Waals surface area contributed by atoms with Crippen LogP contribution in [-0.2, 0) is 4.74 Å². The first-order chi connectivity index (χ1) is 8.15. The summed E-state index contributed by atoms with van der Waals surface area (Å²) in [5, 5.41) is 9.45. The van der Waals surface area contributed by atoms with Crippen LogP contribution >= 0.6 is 0 Å². The molecule has 0 fully saturated rings. The molecule has 0 aliphatic rings. The van der Waals surface area contributed by atoms with Gasteiger partial charge in [0.1, 0.15) is 12.4 Å². The van der Waals surface area contributed by atoms with E-state index in [0.717, 1.165) is 29.9 Å². The molecule has 0 bridgehead atoms. The van der Waals surface area contributed by atoms with Gasteiger partial charge in [-0.3, -0.25) is 0 Å². The lowest BCUT2D eigenvalue weighted by Gasteiger charge is -2.12. The lowest BCUT2D eigenvalue weighted by atomic mass is 10.1. The lowest BCUT2D eigenvalue weighted by Crippen LogP contribution is -2.08. The summed E-state index contributed by atoms with van der Waals surface area (Å²) in [6, 6.07) is 5.74. The SMILES string of the molecule is CCCOCCOc1ccc([C@@H](C)O)cc1C. The van der Waals surface area contributed by atoms with Crippen LogP contribution in [0.4, 0.5) is 0 Å². The molecule has 1 aromatic carbocycles.